The Hall–Kier alpha value is -2.08. The first-order valence-electron chi connectivity index (χ1n) is 8.12. The number of benzene rings is 1. The molecule has 1 heterocycles. The van der Waals surface area contributed by atoms with E-state index >= 15 is 0 Å². The van der Waals surface area contributed by atoms with Crippen LogP contribution in [-0.2, 0) is 11.2 Å². The third-order valence-electron chi connectivity index (χ3n) is 4.38. The molecule has 1 aromatic carbocycles. The van der Waals surface area contributed by atoms with Gasteiger partial charge in [0.15, 0.2) is 5.16 Å². The number of nitrogen functional groups attached to an aromatic ring is 1. The fourth-order valence-electron chi connectivity index (χ4n) is 3.16. The lowest BCUT2D eigenvalue weighted by Gasteiger charge is -2.33. The van der Waals surface area contributed by atoms with E-state index in [1.807, 2.05) is 24.9 Å². The lowest BCUT2D eigenvalue weighted by atomic mass is 9.87. The van der Waals surface area contributed by atoms with Crippen molar-refractivity contribution in [2.45, 2.75) is 37.4 Å². The van der Waals surface area contributed by atoms with Gasteiger partial charge in [0, 0.05) is 18.8 Å². The normalized spacial score (nSPS) is 16.5. The van der Waals surface area contributed by atoms with Crippen LogP contribution in [0.4, 0.5) is 5.82 Å². The van der Waals surface area contributed by atoms with Gasteiger partial charge in [-0.2, -0.15) is 0 Å². The minimum Gasteiger partial charge on any atom is -0.384 e. The molecular weight excluding hydrogens is 320 g/mol. The van der Waals surface area contributed by atoms with Crippen molar-refractivity contribution in [1.29, 1.82) is 0 Å². The molecule has 126 valence electrons. The third-order valence-corrected chi connectivity index (χ3v) is 5.21. The van der Waals surface area contributed by atoms with Crippen LogP contribution >= 0.6 is 11.8 Å². The van der Waals surface area contributed by atoms with Crippen LogP contribution in [0.3, 0.4) is 0 Å². The highest BCUT2D eigenvalue weighted by Gasteiger charge is 2.26. The van der Waals surface area contributed by atoms with Gasteiger partial charge < -0.3 is 10.6 Å². The summed E-state index contributed by atoms with van der Waals surface area (Å²) in [5.41, 5.74) is 9.18. The van der Waals surface area contributed by atoms with Crippen molar-refractivity contribution < 1.29 is 4.79 Å². The summed E-state index contributed by atoms with van der Waals surface area (Å²) in [6, 6.07) is 10.3. The molecule has 2 N–H and O–H groups in total. The van der Waals surface area contributed by atoms with Crippen LogP contribution in [0.25, 0.3) is 0 Å². The summed E-state index contributed by atoms with van der Waals surface area (Å²) in [5.74, 6) is 0.843. The Morgan fingerprint density at radius 3 is 2.96 bits per heavy atom. The zero-order valence-corrected chi connectivity index (χ0v) is 14.8. The molecule has 0 saturated heterocycles. The van der Waals surface area contributed by atoms with E-state index in [9.17, 15) is 4.79 Å². The quantitative estimate of drug-likeness (QED) is 0.683. The number of nitrogens with zero attached hydrogens (tertiary/aromatic N) is 3. The first-order valence-corrected chi connectivity index (χ1v) is 9.10. The van der Waals surface area contributed by atoms with Crippen molar-refractivity contribution in [3.8, 4) is 0 Å². The van der Waals surface area contributed by atoms with Gasteiger partial charge in [0.05, 0.1) is 11.8 Å². The second kappa shape index (κ2) is 7.21. The molecule has 1 aromatic heterocycles. The van der Waals surface area contributed by atoms with Gasteiger partial charge in [0.1, 0.15) is 5.82 Å². The minimum absolute atomic E-state index is 0.0883. The molecule has 1 unspecified atom stereocenters. The zero-order valence-electron chi connectivity index (χ0n) is 14.0. The van der Waals surface area contributed by atoms with Crippen molar-refractivity contribution in [2.75, 3.05) is 18.5 Å². The maximum atomic E-state index is 12.6. The molecule has 1 aliphatic carbocycles. The van der Waals surface area contributed by atoms with Crippen LogP contribution in [0, 0.1) is 6.92 Å². The maximum Gasteiger partial charge on any atom is 0.233 e. The van der Waals surface area contributed by atoms with E-state index < -0.39 is 0 Å². The molecule has 0 aliphatic heterocycles. The topological polar surface area (TPSA) is 72.1 Å². The molecule has 24 heavy (non-hydrogen) atoms. The summed E-state index contributed by atoms with van der Waals surface area (Å²) >= 11 is 1.34. The van der Waals surface area contributed by atoms with Crippen molar-refractivity contribution >= 4 is 23.5 Å². The van der Waals surface area contributed by atoms with Gasteiger partial charge in [-0.25, -0.2) is 9.97 Å². The summed E-state index contributed by atoms with van der Waals surface area (Å²) in [6.45, 7) is 1.87. The minimum atomic E-state index is 0.0883. The summed E-state index contributed by atoms with van der Waals surface area (Å²) < 4.78 is 0. The van der Waals surface area contributed by atoms with Gasteiger partial charge in [-0.3, -0.25) is 4.79 Å². The summed E-state index contributed by atoms with van der Waals surface area (Å²) in [4.78, 5) is 23.0. The van der Waals surface area contributed by atoms with Crippen LogP contribution in [-0.4, -0.2) is 33.6 Å². The highest BCUT2D eigenvalue weighted by atomic mass is 32.2. The molecule has 1 amide bonds. The predicted molar refractivity (Wildman–Crippen MR) is 96.8 cm³/mol. The Morgan fingerprint density at radius 2 is 2.17 bits per heavy atom. The fraction of sp³-hybridized carbons (Fsp3) is 0.389. The highest BCUT2D eigenvalue weighted by Crippen LogP contribution is 2.33. The van der Waals surface area contributed by atoms with Crippen LogP contribution in [0.2, 0.25) is 0 Å². The Labute approximate surface area is 146 Å². The number of carbonyl (C=O) groups is 1. The van der Waals surface area contributed by atoms with Crippen molar-refractivity contribution in [2.24, 2.45) is 0 Å². The molecular formula is C18H22N4OS. The van der Waals surface area contributed by atoms with Crippen molar-refractivity contribution in [3.05, 3.63) is 47.2 Å². The van der Waals surface area contributed by atoms with E-state index in [4.69, 9.17) is 5.73 Å². The Bertz CT molecular complexity index is 729. The zero-order chi connectivity index (χ0) is 17.1. The molecule has 0 bridgehead atoms. The van der Waals surface area contributed by atoms with Crippen LogP contribution < -0.4 is 5.73 Å². The smallest absolute Gasteiger partial charge is 0.233 e. The molecule has 2 aromatic rings. The number of nitrogens with two attached hydrogens (primary N) is 1. The molecule has 3 rings (SSSR count). The van der Waals surface area contributed by atoms with Gasteiger partial charge in [-0.15, -0.1) is 0 Å². The summed E-state index contributed by atoms with van der Waals surface area (Å²) in [5, 5.41) is 0.554. The number of aromatic nitrogens is 2. The van der Waals surface area contributed by atoms with Crippen LogP contribution in [0.5, 0.6) is 0 Å². The number of anilines is 1. The largest absolute Gasteiger partial charge is 0.384 e. The second-order valence-corrected chi connectivity index (χ2v) is 7.06. The van der Waals surface area contributed by atoms with E-state index in [2.05, 4.69) is 28.2 Å². The lowest BCUT2D eigenvalue weighted by molar-refractivity contribution is -0.129. The van der Waals surface area contributed by atoms with Gasteiger partial charge in [-0.05, 0) is 37.3 Å². The lowest BCUT2D eigenvalue weighted by Crippen LogP contribution is -2.34. The SMILES string of the molecule is Cc1cc(N)nc(SCC(=O)N(C)C2CCCc3ccccc32)n1. The average molecular weight is 342 g/mol. The summed E-state index contributed by atoms with van der Waals surface area (Å²) in [6.07, 6.45) is 3.22. The fourth-order valence-corrected chi connectivity index (χ4v) is 4.00. The van der Waals surface area contributed by atoms with Crippen LogP contribution in [0.15, 0.2) is 35.5 Å². The monoisotopic (exact) mass is 342 g/mol. The van der Waals surface area contributed by atoms with E-state index in [0.717, 1.165) is 25.0 Å². The predicted octanol–water partition coefficient (Wildman–Crippen LogP) is 3.00. The molecule has 0 spiro atoms. The third kappa shape index (κ3) is 3.70. The molecule has 0 radical (unpaired) electrons. The van der Waals surface area contributed by atoms with Crippen molar-refractivity contribution in [1.82, 2.24) is 14.9 Å². The number of hydrogen-bond donors (Lipinski definition) is 1. The van der Waals surface area contributed by atoms with Gasteiger partial charge in [0.2, 0.25) is 5.91 Å². The Balaban J connectivity index is 1.67. The Kier molecular flexibility index (Phi) is 5.04. The average Bonchev–Trinajstić information content (AvgIpc) is 2.57. The van der Waals surface area contributed by atoms with E-state index in [0.29, 0.717) is 16.7 Å². The van der Waals surface area contributed by atoms with Crippen LogP contribution in [0.1, 0.15) is 35.7 Å². The second-order valence-electron chi connectivity index (χ2n) is 6.12. The standard InChI is InChI=1S/C18H22N4OS/c1-12-10-16(19)21-18(20-12)24-11-17(23)22(2)15-9-5-7-13-6-3-4-8-14(13)15/h3-4,6,8,10,15H,5,7,9,11H2,1-2H3,(H2,19,20,21). The number of fused-ring (bicyclic) bond motifs is 1. The first-order chi connectivity index (χ1) is 11.5. The summed E-state index contributed by atoms with van der Waals surface area (Å²) in [7, 11) is 1.89. The van der Waals surface area contributed by atoms with Gasteiger partial charge >= 0.3 is 0 Å². The van der Waals surface area contributed by atoms with Crippen molar-refractivity contribution in [3.63, 3.8) is 0 Å². The maximum absolute atomic E-state index is 12.6. The number of rotatable bonds is 4. The number of aryl methyl sites for hydroxylation is 2. The molecule has 1 atom stereocenters. The van der Waals surface area contributed by atoms with E-state index in [1.54, 1.807) is 6.07 Å². The molecule has 0 saturated carbocycles. The van der Waals surface area contributed by atoms with Gasteiger partial charge in [-0.1, -0.05) is 36.0 Å². The molecule has 6 heteroatoms. The number of amides is 1. The highest BCUT2D eigenvalue weighted by molar-refractivity contribution is 7.99. The molecule has 5 nitrogen and oxygen atoms in total. The Morgan fingerprint density at radius 1 is 1.38 bits per heavy atom. The first kappa shape index (κ1) is 16.8. The molecule has 0 fully saturated rings. The van der Waals surface area contributed by atoms with E-state index in [1.165, 1.54) is 22.9 Å². The number of thioether (sulfide) groups is 1. The van der Waals surface area contributed by atoms with Gasteiger partial charge in [0.25, 0.3) is 0 Å². The molecule has 1 aliphatic rings. The number of hydrogen-bond acceptors (Lipinski definition) is 5. The van der Waals surface area contributed by atoms with E-state index in [-0.39, 0.29) is 11.9 Å². The number of carbonyl (C=O) groups excluding carboxylic acids is 1.